The highest BCUT2D eigenvalue weighted by molar-refractivity contribution is 5.23. The lowest BCUT2D eigenvalue weighted by molar-refractivity contribution is 0.166. The minimum atomic E-state index is -0.761. The van der Waals surface area contributed by atoms with Gasteiger partial charge in [-0.2, -0.15) is 0 Å². The molecule has 1 aliphatic heterocycles. The summed E-state index contributed by atoms with van der Waals surface area (Å²) >= 11 is 0. The molecule has 2 unspecified atom stereocenters. The average molecular weight is 296 g/mol. The molecule has 1 aliphatic rings. The number of nitrogens with zero attached hydrogens (tertiary/aromatic N) is 1. The van der Waals surface area contributed by atoms with Crippen LogP contribution in [-0.4, -0.2) is 31.1 Å². The van der Waals surface area contributed by atoms with Crippen LogP contribution in [0.25, 0.3) is 0 Å². The van der Waals surface area contributed by atoms with Crippen molar-refractivity contribution in [3.8, 4) is 0 Å². The fraction of sp³-hybridized carbons (Fsp3) is 0.647. The van der Waals surface area contributed by atoms with Gasteiger partial charge in [0.2, 0.25) is 0 Å². The first-order chi connectivity index (χ1) is 10.1. The fourth-order valence-electron chi connectivity index (χ4n) is 3.09. The van der Waals surface area contributed by atoms with E-state index in [9.17, 15) is 8.78 Å². The Labute approximate surface area is 126 Å². The van der Waals surface area contributed by atoms with E-state index in [1.54, 1.807) is 12.1 Å². The lowest BCUT2D eigenvalue weighted by atomic mass is 9.98. The second-order valence-corrected chi connectivity index (χ2v) is 6.16. The monoisotopic (exact) mass is 296 g/mol. The van der Waals surface area contributed by atoms with Gasteiger partial charge in [0.05, 0.1) is 0 Å². The van der Waals surface area contributed by atoms with E-state index < -0.39 is 11.6 Å². The zero-order valence-electron chi connectivity index (χ0n) is 13.0. The first-order valence-corrected chi connectivity index (χ1v) is 8.01. The summed E-state index contributed by atoms with van der Waals surface area (Å²) in [4.78, 5) is 2.37. The van der Waals surface area contributed by atoms with Crippen molar-refractivity contribution in [3.05, 3.63) is 35.4 Å². The molecular weight excluding hydrogens is 270 g/mol. The zero-order chi connectivity index (χ0) is 15.2. The van der Waals surface area contributed by atoms with Crippen LogP contribution in [0.15, 0.2) is 18.2 Å². The van der Waals surface area contributed by atoms with Crippen LogP contribution in [0.1, 0.15) is 44.7 Å². The molecule has 1 aromatic carbocycles. The maximum absolute atomic E-state index is 14.1. The number of rotatable bonds is 6. The molecule has 0 bridgehead atoms. The van der Waals surface area contributed by atoms with E-state index in [-0.39, 0.29) is 6.04 Å². The molecule has 4 heteroatoms. The Kier molecular flexibility index (Phi) is 6.12. The molecule has 1 heterocycles. The lowest BCUT2D eigenvalue weighted by Crippen LogP contribution is -2.41. The Morgan fingerprint density at radius 3 is 2.90 bits per heavy atom. The van der Waals surface area contributed by atoms with Crippen molar-refractivity contribution in [3.63, 3.8) is 0 Å². The van der Waals surface area contributed by atoms with E-state index in [1.165, 1.54) is 18.9 Å². The topological polar surface area (TPSA) is 15.3 Å². The van der Waals surface area contributed by atoms with Gasteiger partial charge in [0.15, 0.2) is 11.6 Å². The standard InChI is InChI=1S/C17H26F2N2/c1-3-9-20-16(12-21-10-5-6-13(2)11-21)14-7-4-8-15(18)17(14)19/h4,7-8,13,16,20H,3,5-6,9-12H2,1-2H3. The van der Waals surface area contributed by atoms with Crippen LogP contribution in [0.3, 0.4) is 0 Å². The third kappa shape index (κ3) is 4.48. The molecule has 1 aromatic rings. The number of benzene rings is 1. The van der Waals surface area contributed by atoms with E-state index >= 15 is 0 Å². The molecule has 1 fully saturated rings. The summed E-state index contributed by atoms with van der Waals surface area (Å²) in [6.45, 7) is 7.97. The number of likely N-dealkylation sites (tertiary alicyclic amines) is 1. The minimum absolute atomic E-state index is 0.147. The average Bonchev–Trinajstić information content (AvgIpc) is 2.47. The molecule has 1 saturated heterocycles. The van der Waals surface area contributed by atoms with E-state index in [0.717, 1.165) is 32.6 Å². The highest BCUT2D eigenvalue weighted by Crippen LogP contribution is 2.23. The van der Waals surface area contributed by atoms with Gasteiger partial charge in [-0.25, -0.2) is 8.78 Å². The van der Waals surface area contributed by atoms with E-state index in [2.05, 4.69) is 24.1 Å². The Bertz CT molecular complexity index is 450. The van der Waals surface area contributed by atoms with E-state index in [0.29, 0.717) is 11.5 Å². The van der Waals surface area contributed by atoms with Crippen LogP contribution in [0, 0.1) is 17.6 Å². The Hall–Kier alpha value is -1.00. The first kappa shape index (κ1) is 16.4. The van der Waals surface area contributed by atoms with Crippen molar-refractivity contribution >= 4 is 0 Å². The highest BCUT2D eigenvalue weighted by Gasteiger charge is 2.23. The molecule has 21 heavy (non-hydrogen) atoms. The van der Waals surface area contributed by atoms with Crippen LogP contribution in [0.5, 0.6) is 0 Å². The van der Waals surface area contributed by atoms with Crippen LogP contribution >= 0.6 is 0 Å². The minimum Gasteiger partial charge on any atom is -0.309 e. The first-order valence-electron chi connectivity index (χ1n) is 8.01. The summed E-state index contributed by atoms with van der Waals surface area (Å²) in [7, 11) is 0. The number of piperidine rings is 1. The number of hydrogen-bond acceptors (Lipinski definition) is 2. The Morgan fingerprint density at radius 2 is 2.19 bits per heavy atom. The zero-order valence-corrected chi connectivity index (χ0v) is 13.0. The molecule has 0 aromatic heterocycles. The SMILES string of the molecule is CCCNC(CN1CCCC(C)C1)c1cccc(F)c1F. The highest BCUT2D eigenvalue weighted by atomic mass is 19.2. The summed E-state index contributed by atoms with van der Waals surface area (Å²) in [5, 5.41) is 3.37. The van der Waals surface area contributed by atoms with Gasteiger partial charge in [0, 0.05) is 24.7 Å². The van der Waals surface area contributed by atoms with Gasteiger partial charge >= 0.3 is 0 Å². The molecule has 0 saturated carbocycles. The molecule has 1 N–H and O–H groups in total. The van der Waals surface area contributed by atoms with Crippen LogP contribution in [0.4, 0.5) is 8.78 Å². The molecule has 0 radical (unpaired) electrons. The molecule has 2 atom stereocenters. The van der Waals surface area contributed by atoms with E-state index in [1.807, 2.05) is 0 Å². The van der Waals surface area contributed by atoms with Crippen LogP contribution in [0.2, 0.25) is 0 Å². The van der Waals surface area contributed by atoms with Crippen LogP contribution in [-0.2, 0) is 0 Å². The lowest BCUT2D eigenvalue weighted by Gasteiger charge is -2.34. The predicted octanol–water partition coefficient (Wildman–Crippen LogP) is 3.74. The Balaban J connectivity index is 2.11. The smallest absolute Gasteiger partial charge is 0.163 e. The van der Waals surface area contributed by atoms with Gasteiger partial charge in [-0.05, 0) is 44.3 Å². The third-order valence-electron chi connectivity index (χ3n) is 4.18. The largest absolute Gasteiger partial charge is 0.309 e. The second kappa shape index (κ2) is 7.85. The molecule has 0 amide bonds. The third-order valence-corrected chi connectivity index (χ3v) is 4.18. The van der Waals surface area contributed by atoms with Gasteiger partial charge in [-0.3, -0.25) is 0 Å². The molecule has 2 nitrogen and oxygen atoms in total. The van der Waals surface area contributed by atoms with Crippen LogP contribution < -0.4 is 5.32 Å². The number of halogens is 2. The fourth-order valence-corrected chi connectivity index (χ4v) is 3.09. The summed E-state index contributed by atoms with van der Waals surface area (Å²) in [6, 6.07) is 4.32. The second-order valence-electron chi connectivity index (χ2n) is 6.16. The summed E-state index contributed by atoms with van der Waals surface area (Å²) in [5.41, 5.74) is 0.446. The number of nitrogens with one attached hydrogen (secondary N) is 1. The normalized spacial score (nSPS) is 21.4. The van der Waals surface area contributed by atoms with Gasteiger partial charge in [0.1, 0.15) is 0 Å². The Morgan fingerprint density at radius 1 is 1.38 bits per heavy atom. The number of hydrogen-bond donors (Lipinski definition) is 1. The van der Waals surface area contributed by atoms with Gasteiger partial charge in [0.25, 0.3) is 0 Å². The van der Waals surface area contributed by atoms with Crippen molar-refractivity contribution in [1.82, 2.24) is 10.2 Å². The maximum Gasteiger partial charge on any atom is 0.163 e. The molecular formula is C17H26F2N2. The summed E-state index contributed by atoms with van der Waals surface area (Å²) in [6.07, 6.45) is 3.43. The quantitative estimate of drug-likeness (QED) is 0.860. The van der Waals surface area contributed by atoms with Crippen molar-refractivity contribution in [2.45, 2.75) is 39.2 Å². The van der Waals surface area contributed by atoms with Crippen molar-refractivity contribution in [2.75, 3.05) is 26.2 Å². The predicted molar refractivity (Wildman–Crippen MR) is 82.2 cm³/mol. The molecule has 2 rings (SSSR count). The van der Waals surface area contributed by atoms with Gasteiger partial charge in [-0.15, -0.1) is 0 Å². The summed E-state index contributed by atoms with van der Waals surface area (Å²) < 4.78 is 27.6. The van der Waals surface area contributed by atoms with Crippen molar-refractivity contribution < 1.29 is 8.78 Å². The molecule has 118 valence electrons. The van der Waals surface area contributed by atoms with Crippen molar-refractivity contribution in [1.29, 1.82) is 0 Å². The van der Waals surface area contributed by atoms with Crippen molar-refractivity contribution in [2.24, 2.45) is 5.92 Å². The summed E-state index contributed by atoms with van der Waals surface area (Å²) in [5.74, 6) is -0.790. The van der Waals surface area contributed by atoms with E-state index in [4.69, 9.17) is 0 Å². The van der Waals surface area contributed by atoms with Gasteiger partial charge < -0.3 is 10.2 Å². The molecule has 0 spiro atoms. The maximum atomic E-state index is 14.1. The molecule has 0 aliphatic carbocycles. The van der Waals surface area contributed by atoms with Gasteiger partial charge in [-0.1, -0.05) is 26.0 Å².